The molecule has 0 aliphatic heterocycles. The number of pyridine rings is 1. The molecule has 0 N–H and O–H groups in total. The Bertz CT molecular complexity index is 842. The lowest BCUT2D eigenvalue weighted by Crippen LogP contribution is -1.90. The van der Waals surface area contributed by atoms with Crippen LogP contribution in [0.1, 0.15) is 0 Å². The molecule has 0 aliphatic rings. The van der Waals surface area contributed by atoms with Gasteiger partial charge in [-0.15, -0.1) is 0 Å². The fraction of sp³-hybridized carbons (Fsp3) is 0. The average molecular weight is 220 g/mol. The molecule has 0 atom stereocenters. The number of fused-ring (bicyclic) bond motifs is 5. The number of hydrogen-bond acceptors (Lipinski definition) is 3. The standard InChI is InChI=1S/C13H8N4/c1-2-5-10-9(4-1)15-8-12-16-13-11(17(10)12)6-3-7-14-13/h1-8H. The molecule has 1 aromatic carbocycles. The minimum absolute atomic E-state index is 0.755. The van der Waals surface area contributed by atoms with Crippen LogP contribution in [0.5, 0.6) is 0 Å². The Morgan fingerprint density at radius 1 is 0.882 bits per heavy atom. The third-order valence-electron chi connectivity index (χ3n) is 2.90. The van der Waals surface area contributed by atoms with Gasteiger partial charge in [-0.3, -0.25) is 9.38 Å². The number of para-hydroxylation sites is 2. The minimum atomic E-state index is 0.755. The maximum absolute atomic E-state index is 4.45. The van der Waals surface area contributed by atoms with E-state index in [-0.39, 0.29) is 0 Å². The molecule has 0 saturated heterocycles. The minimum Gasteiger partial charge on any atom is -0.288 e. The van der Waals surface area contributed by atoms with Gasteiger partial charge in [-0.25, -0.2) is 9.97 Å². The largest absolute Gasteiger partial charge is 0.288 e. The van der Waals surface area contributed by atoms with Crippen molar-refractivity contribution >= 4 is 27.8 Å². The van der Waals surface area contributed by atoms with Crippen LogP contribution in [0.2, 0.25) is 0 Å². The number of aromatic nitrogens is 4. The smallest absolute Gasteiger partial charge is 0.178 e. The van der Waals surface area contributed by atoms with Gasteiger partial charge in [-0.05, 0) is 24.3 Å². The topological polar surface area (TPSA) is 43.1 Å². The molecule has 0 fully saturated rings. The van der Waals surface area contributed by atoms with Crippen molar-refractivity contribution in [2.45, 2.75) is 0 Å². The summed E-state index contributed by atoms with van der Waals surface area (Å²) in [4.78, 5) is 13.1. The molecule has 4 aromatic rings. The number of nitrogens with zero attached hydrogens (tertiary/aromatic N) is 4. The molecular formula is C13H8N4. The van der Waals surface area contributed by atoms with Crippen molar-refractivity contribution in [3.05, 3.63) is 48.8 Å². The van der Waals surface area contributed by atoms with Gasteiger partial charge in [-0.1, -0.05) is 12.1 Å². The van der Waals surface area contributed by atoms with Gasteiger partial charge in [0.25, 0.3) is 0 Å². The van der Waals surface area contributed by atoms with E-state index in [9.17, 15) is 0 Å². The third kappa shape index (κ3) is 1.09. The van der Waals surface area contributed by atoms with Crippen molar-refractivity contribution in [3.8, 4) is 0 Å². The second kappa shape index (κ2) is 3.01. The maximum Gasteiger partial charge on any atom is 0.178 e. The Labute approximate surface area is 96.6 Å². The fourth-order valence-corrected chi connectivity index (χ4v) is 2.16. The molecule has 3 aromatic heterocycles. The van der Waals surface area contributed by atoms with Crippen LogP contribution in [-0.2, 0) is 0 Å². The van der Waals surface area contributed by atoms with Gasteiger partial charge in [0.2, 0.25) is 0 Å². The van der Waals surface area contributed by atoms with Crippen molar-refractivity contribution < 1.29 is 0 Å². The van der Waals surface area contributed by atoms with Crippen LogP contribution in [0.4, 0.5) is 0 Å². The van der Waals surface area contributed by atoms with Gasteiger partial charge in [-0.2, -0.15) is 0 Å². The first kappa shape index (κ1) is 8.64. The van der Waals surface area contributed by atoms with Crippen LogP contribution in [0.15, 0.2) is 48.8 Å². The zero-order valence-electron chi connectivity index (χ0n) is 8.91. The normalized spacial score (nSPS) is 11.5. The predicted molar refractivity (Wildman–Crippen MR) is 65.8 cm³/mol. The predicted octanol–water partition coefficient (Wildman–Crippen LogP) is 2.43. The summed E-state index contributed by atoms with van der Waals surface area (Å²) in [7, 11) is 0. The molecule has 4 rings (SSSR count). The number of benzene rings is 1. The molecule has 80 valence electrons. The van der Waals surface area contributed by atoms with Gasteiger partial charge in [0.05, 0.1) is 22.7 Å². The van der Waals surface area contributed by atoms with Gasteiger partial charge < -0.3 is 0 Å². The Hall–Kier alpha value is -2.49. The highest BCUT2D eigenvalue weighted by atomic mass is 15.1. The van der Waals surface area contributed by atoms with Crippen molar-refractivity contribution in [1.82, 2.24) is 19.4 Å². The zero-order chi connectivity index (χ0) is 11.2. The van der Waals surface area contributed by atoms with Crippen molar-refractivity contribution in [2.75, 3.05) is 0 Å². The third-order valence-corrected chi connectivity index (χ3v) is 2.90. The van der Waals surface area contributed by atoms with E-state index in [1.165, 1.54) is 0 Å². The summed E-state index contributed by atoms with van der Waals surface area (Å²) in [5.41, 5.74) is 4.62. The highest BCUT2D eigenvalue weighted by Gasteiger charge is 2.07. The van der Waals surface area contributed by atoms with Crippen molar-refractivity contribution in [2.24, 2.45) is 0 Å². The number of hydrogen-bond donors (Lipinski definition) is 0. The SMILES string of the molecule is c1ccc2c(c1)ncc1nc3ncccc3n12. The summed E-state index contributed by atoms with van der Waals surface area (Å²) < 4.78 is 2.09. The lowest BCUT2D eigenvalue weighted by molar-refractivity contribution is 1.24. The van der Waals surface area contributed by atoms with E-state index in [0.29, 0.717) is 0 Å². The Kier molecular flexibility index (Phi) is 1.53. The quantitative estimate of drug-likeness (QED) is 0.457. The molecule has 0 unspecified atom stereocenters. The van der Waals surface area contributed by atoms with Crippen molar-refractivity contribution in [1.29, 1.82) is 0 Å². The number of imidazole rings is 1. The fourth-order valence-electron chi connectivity index (χ4n) is 2.16. The first-order valence-electron chi connectivity index (χ1n) is 5.40. The molecular weight excluding hydrogens is 212 g/mol. The van der Waals surface area contributed by atoms with Crippen LogP contribution >= 0.6 is 0 Å². The molecule has 0 spiro atoms. The van der Waals surface area contributed by atoms with E-state index >= 15 is 0 Å². The Morgan fingerprint density at radius 2 is 1.76 bits per heavy atom. The van der Waals surface area contributed by atoms with Crippen LogP contribution < -0.4 is 0 Å². The Balaban J connectivity index is 2.38. The van der Waals surface area contributed by atoms with Crippen LogP contribution in [0.25, 0.3) is 27.8 Å². The molecule has 17 heavy (non-hydrogen) atoms. The summed E-state index contributed by atoms with van der Waals surface area (Å²) in [5, 5.41) is 0. The van der Waals surface area contributed by atoms with E-state index < -0.39 is 0 Å². The Morgan fingerprint density at radius 3 is 2.76 bits per heavy atom. The second-order valence-corrected chi connectivity index (χ2v) is 3.90. The molecule has 3 heterocycles. The molecule has 0 bridgehead atoms. The molecule has 0 saturated carbocycles. The summed E-state index contributed by atoms with van der Waals surface area (Å²) in [6.45, 7) is 0. The van der Waals surface area contributed by atoms with E-state index in [0.717, 1.165) is 27.8 Å². The van der Waals surface area contributed by atoms with Gasteiger partial charge in [0.15, 0.2) is 11.3 Å². The molecule has 4 nitrogen and oxygen atoms in total. The molecule has 4 heteroatoms. The number of rotatable bonds is 0. The van der Waals surface area contributed by atoms with E-state index in [2.05, 4.69) is 19.4 Å². The average Bonchev–Trinajstić information content (AvgIpc) is 2.77. The van der Waals surface area contributed by atoms with Gasteiger partial charge >= 0.3 is 0 Å². The lowest BCUT2D eigenvalue weighted by atomic mass is 10.3. The van der Waals surface area contributed by atoms with E-state index in [4.69, 9.17) is 0 Å². The van der Waals surface area contributed by atoms with E-state index in [1.807, 2.05) is 36.4 Å². The van der Waals surface area contributed by atoms with Gasteiger partial charge in [0, 0.05) is 6.20 Å². The maximum atomic E-state index is 4.45. The zero-order valence-corrected chi connectivity index (χ0v) is 8.91. The van der Waals surface area contributed by atoms with Gasteiger partial charge in [0.1, 0.15) is 0 Å². The molecule has 0 aliphatic carbocycles. The molecule has 0 radical (unpaired) electrons. The van der Waals surface area contributed by atoms with Crippen LogP contribution in [0.3, 0.4) is 0 Å². The summed E-state index contributed by atoms with van der Waals surface area (Å²) >= 11 is 0. The molecule has 0 amide bonds. The first-order chi connectivity index (χ1) is 8.43. The summed E-state index contributed by atoms with van der Waals surface area (Å²) in [6, 6.07) is 12.0. The summed E-state index contributed by atoms with van der Waals surface area (Å²) in [5.74, 6) is 0. The highest BCUT2D eigenvalue weighted by molar-refractivity contribution is 5.86. The first-order valence-corrected chi connectivity index (χ1v) is 5.40. The van der Waals surface area contributed by atoms with Crippen LogP contribution in [-0.4, -0.2) is 19.4 Å². The lowest BCUT2D eigenvalue weighted by Gasteiger charge is -2.01. The highest BCUT2D eigenvalue weighted by Crippen LogP contribution is 2.19. The summed E-state index contributed by atoms with van der Waals surface area (Å²) in [6.07, 6.45) is 3.54. The van der Waals surface area contributed by atoms with E-state index in [1.54, 1.807) is 12.4 Å². The van der Waals surface area contributed by atoms with Crippen molar-refractivity contribution in [3.63, 3.8) is 0 Å². The second-order valence-electron chi connectivity index (χ2n) is 3.90. The monoisotopic (exact) mass is 220 g/mol. The van der Waals surface area contributed by atoms with Crippen LogP contribution in [0, 0.1) is 0 Å².